The number of pyridine rings is 1. The average Bonchev–Trinajstić information content (AvgIpc) is 2.59. The van der Waals surface area contributed by atoms with E-state index in [1.54, 1.807) is 13.3 Å². The van der Waals surface area contributed by atoms with Crippen LogP contribution in [-0.2, 0) is 6.61 Å². The largest absolute Gasteiger partial charge is 0.494 e. The molecule has 0 fully saturated rings. The summed E-state index contributed by atoms with van der Waals surface area (Å²) in [6, 6.07) is 5.82. The minimum atomic E-state index is 0.108. The fourth-order valence-corrected chi connectivity index (χ4v) is 2.65. The minimum absolute atomic E-state index is 0.108. The van der Waals surface area contributed by atoms with Gasteiger partial charge in [-0.3, -0.25) is 4.98 Å². The van der Waals surface area contributed by atoms with Crippen LogP contribution in [0, 0.1) is 0 Å². The van der Waals surface area contributed by atoms with Crippen LogP contribution in [0.5, 0.6) is 11.5 Å². The van der Waals surface area contributed by atoms with Crippen molar-refractivity contribution >= 4 is 28.4 Å². The first kappa shape index (κ1) is 16.6. The van der Waals surface area contributed by atoms with Crippen molar-refractivity contribution in [1.82, 2.24) is 15.0 Å². The zero-order valence-corrected chi connectivity index (χ0v) is 14.4. The number of rotatable bonds is 5. The molecule has 4 N–H and O–H groups in total. The van der Waals surface area contributed by atoms with Crippen molar-refractivity contribution in [3.63, 3.8) is 0 Å². The normalized spacial score (nSPS) is 10.7. The number of ether oxygens (including phenoxy) is 2. The lowest BCUT2D eigenvalue weighted by Crippen LogP contribution is -2.12. The van der Waals surface area contributed by atoms with Gasteiger partial charge in [0, 0.05) is 31.2 Å². The molecular formula is C17H20N6O2. The lowest BCUT2D eigenvalue weighted by Gasteiger charge is -2.20. The molecule has 0 radical (unpaired) electrons. The Kier molecular flexibility index (Phi) is 4.42. The first-order valence-electron chi connectivity index (χ1n) is 7.64. The monoisotopic (exact) mass is 340 g/mol. The van der Waals surface area contributed by atoms with Crippen molar-refractivity contribution in [3.05, 3.63) is 36.2 Å². The number of nitrogens with two attached hydrogens (primary N) is 2. The van der Waals surface area contributed by atoms with E-state index in [4.69, 9.17) is 20.9 Å². The zero-order chi connectivity index (χ0) is 18.0. The Balaban J connectivity index is 2.03. The number of nitrogen functional groups attached to an aromatic ring is 2. The second-order valence-electron chi connectivity index (χ2n) is 5.65. The summed E-state index contributed by atoms with van der Waals surface area (Å²) in [5.41, 5.74) is 14.0. The highest BCUT2D eigenvalue weighted by atomic mass is 16.5. The molecule has 2 aromatic heterocycles. The van der Waals surface area contributed by atoms with Gasteiger partial charge in [0.2, 0.25) is 5.95 Å². The molecule has 8 heteroatoms. The van der Waals surface area contributed by atoms with Crippen molar-refractivity contribution < 1.29 is 9.47 Å². The van der Waals surface area contributed by atoms with Gasteiger partial charge in [0.25, 0.3) is 0 Å². The Morgan fingerprint density at radius 2 is 1.96 bits per heavy atom. The van der Waals surface area contributed by atoms with Crippen LogP contribution in [0.3, 0.4) is 0 Å². The molecule has 0 aliphatic rings. The highest BCUT2D eigenvalue weighted by molar-refractivity contribution is 5.96. The molecule has 0 amide bonds. The molecule has 0 spiro atoms. The molecule has 0 bridgehead atoms. The molecule has 2 heterocycles. The Labute approximate surface area is 145 Å². The third-order valence-electron chi connectivity index (χ3n) is 3.77. The molecular weight excluding hydrogens is 320 g/mol. The van der Waals surface area contributed by atoms with E-state index >= 15 is 0 Å². The lowest BCUT2D eigenvalue weighted by atomic mass is 10.1. The fourth-order valence-electron chi connectivity index (χ4n) is 2.65. The Morgan fingerprint density at radius 3 is 2.64 bits per heavy atom. The summed E-state index contributed by atoms with van der Waals surface area (Å²) in [5.74, 6) is 1.40. The summed E-state index contributed by atoms with van der Waals surface area (Å²) in [7, 11) is 5.54. The molecule has 3 aromatic rings. The van der Waals surface area contributed by atoms with Crippen LogP contribution < -0.4 is 25.8 Å². The minimum Gasteiger partial charge on any atom is -0.494 e. The molecule has 0 aliphatic heterocycles. The number of benzene rings is 1. The van der Waals surface area contributed by atoms with Crippen molar-refractivity contribution in [3.8, 4) is 11.5 Å². The molecule has 0 saturated carbocycles. The van der Waals surface area contributed by atoms with Gasteiger partial charge in [0.05, 0.1) is 18.8 Å². The van der Waals surface area contributed by atoms with E-state index < -0.39 is 0 Å². The lowest BCUT2D eigenvalue weighted by molar-refractivity contribution is 0.306. The van der Waals surface area contributed by atoms with E-state index in [0.29, 0.717) is 5.75 Å². The summed E-state index contributed by atoms with van der Waals surface area (Å²) in [6.07, 6.45) is 3.22. The predicted molar refractivity (Wildman–Crippen MR) is 97.8 cm³/mol. The third-order valence-corrected chi connectivity index (χ3v) is 3.77. The van der Waals surface area contributed by atoms with Crippen LogP contribution in [0.4, 0.5) is 17.5 Å². The smallest absolute Gasteiger partial charge is 0.222 e. The van der Waals surface area contributed by atoms with Crippen molar-refractivity contribution in [1.29, 1.82) is 0 Å². The Hall–Kier alpha value is -3.29. The number of hydrogen-bond acceptors (Lipinski definition) is 8. The molecule has 130 valence electrons. The SMILES string of the molecule is COc1cc(COc2cnc(N)nc2N)c2cccnc2c1N(C)C. The van der Waals surface area contributed by atoms with E-state index in [1.807, 2.05) is 37.2 Å². The van der Waals surface area contributed by atoms with Crippen molar-refractivity contribution in [2.45, 2.75) is 6.61 Å². The number of aromatic nitrogens is 3. The van der Waals surface area contributed by atoms with E-state index in [0.717, 1.165) is 27.9 Å². The summed E-state index contributed by atoms with van der Waals surface area (Å²) in [6.45, 7) is 0.268. The topological polar surface area (TPSA) is 112 Å². The molecule has 0 saturated heterocycles. The Morgan fingerprint density at radius 1 is 1.16 bits per heavy atom. The van der Waals surface area contributed by atoms with Gasteiger partial charge in [-0.15, -0.1) is 0 Å². The number of nitrogens with zero attached hydrogens (tertiary/aromatic N) is 4. The zero-order valence-electron chi connectivity index (χ0n) is 14.4. The first-order chi connectivity index (χ1) is 12.0. The van der Waals surface area contributed by atoms with Crippen LogP contribution in [0.2, 0.25) is 0 Å². The van der Waals surface area contributed by atoms with Gasteiger partial charge in [0.15, 0.2) is 11.6 Å². The molecule has 25 heavy (non-hydrogen) atoms. The maximum atomic E-state index is 5.82. The van der Waals surface area contributed by atoms with Gasteiger partial charge in [-0.25, -0.2) is 4.98 Å². The number of anilines is 3. The predicted octanol–water partition coefficient (Wildman–Crippen LogP) is 1.84. The summed E-state index contributed by atoms with van der Waals surface area (Å²) in [4.78, 5) is 14.3. The number of hydrogen-bond donors (Lipinski definition) is 2. The van der Waals surface area contributed by atoms with Gasteiger partial charge in [-0.1, -0.05) is 6.07 Å². The van der Waals surface area contributed by atoms with Crippen LogP contribution >= 0.6 is 0 Å². The third kappa shape index (κ3) is 3.18. The van der Waals surface area contributed by atoms with Gasteiger partial charge < -0.3 is 25.8 Å². The van der Waals surface area contributed by atoms with Crippen LogP contribution in [0.25, 0.3) is 10.9 Å². The van der Waals surface area contributed by atoms with Gasteiger partial charge >= 0.3 is 0 Å². The Bertz CT molecular complexity index is 913. The van der Waals surface area contributed by atoms with E-state index in [9.17, 15) is 0 Å². The maximum Gasteiger partial charge on any atom is 0.222 e. The van der Waals surface area contributed by atoms with E-state index in [1.165, 1.54) is 6.20 Å². The maximum absolute atomic E-state index is 5.82. The number of methoxy groups -OCH3 is 1. The van der Waals surface area contributed by atoms with E-state index in [2.05, 4.69) is 15.0 Å². The molecule has 0 atom stereocenters. The molecule has 1 aromatic carbocycles. The average molecular weight is 340 g/mol. The van der Waals surface area contributed by atoms with Gasteiger partial charge in [0.1, 0.15) is 18.0 Å². The van der Waals surface area contributed by atoms with E-state index in [-0.39, 0.29) is 18.4 Å². The quantitative estimate of drug-likeness (QED) is 0.723. The second-order valence-corrected chi connectivity index (χ2v) is 5.65. The summed E-state index contributed by atoms with van der Waals surface area (Å²) >= 11 is 0. The fraction of sp³-hybridized carbons (Fsp3) is 0.235. The van der Waals surface area contributed by atoms with Gasteiger partial charge in [-0.2, -0.15) is 4.98 Å². The molecule has 0 aliphatic carbocycles. The summed E-state index contributed by atoms with van der Waals surface area (Å²) in [5, 5.41) is 0.974. The van der Waals surface area contributed by atoms with Gasteiger partial charge in [-0.05, 0) is 12.1 Å². The standard InChI is InChI=1S/C17H20N6O2/c1-23(2)15-12(24-3)7-10(11-5-4-6-20-14(11)15)9-25-13-8-21-17(19)22-16(13)18/h4-8H,9H2,1-3H3,(H4,18,19,21,22). The second kappa shape index (κ2) is 6.68. The first-order valence-corrected chi connectivity index (χ1v) is 7.64. The van der Waals surface area contributed by atoms with Crippen LogP contribution in [0.15, 0.2) is 30.6 Å². The number of fused-ring (bicyclic) bond motifs is 1. The summed E-state index contributed by atoms with van der Waals surface area (Å²) < 4.78 is 11.3. The molecule has 8 nitrogen and oxygen atoms in total. The van der Waals surface area contributed by atoms with Crippen molar-refractivity contribution in [2.75, 3.05) is 37.6 Å². The molecule has 0 unspecified atom stereocenters. The highest BCUT2D eigenvalue weighted by Crippen LogP contribution is 2.37. The van der Waals surface area contributed by atoms with Crippen LogP contribution in [-0.4, -0.2) is 36.2 Å². The highest BCUT2D eigenvalue weighted by Gasteiger charge is 2.16. The molecule has 3 rings (SSSR count). The van der Waals surface area contributed by atoms with Crippen LogP contribution in [0.1, 0.15) is 5.56 Å². The van der Waals surface area contributed by atoms with Crippen molar-refractivity contribution in [2.24, 2.45) is 0 Å².